The predicted octanol–water partition coefficient (Wildman–Crippen LogP) is 3.03. The van der Waals surface area contributed by atoms with Crippen molar-refractivity contribution in [1.82, 2.24) is 5.32 Å². The van der Waals surface area contributed by atoms with E-state index in [-0.39, 0.29) is 10.5 Å². The van der Waals surface area contributed by atoms with Gasteiger partial charge in [0.1, 0.15) is 6.54 Å². The van der Waals surface area contributed by atoms with Gasteiger partial charge >= 0.3 is 5.97 Å². The number of nitrogens with one attached hydrogen (secondary N) is 1. The van der Waals surface area contributed by atoms with Gasteiger partial charge in [-0.15, -0.1) is 0 Å². The van der Waals surface area contributed by atoms with E-state index in [1.807, 2.05) is 0 Å². The number of rotatable bonds is 3. The van der Waals surface area contributed by atoms with Crippen molar-refractivity contribution in [2.45, 2.75) is 0 Å². The van der Waals surface area contributed by atoms with Crippen molar-refractivity contribution in [2.24, 2.45) is 4.99 Å². The molecule has 0 atom stereocenters. The highest BCUT2D eigenvalue weighted by Gasteiger charge is 2.39. The number of carboxylic acids is 1. The molecule has 2 amide bonds. The average Bonchev–Trinajstić information content (AvgIpc) is 3.14. The van der Waals surface area contributed by atoms with Crippen LogP contribution in [-0.4, -0.2) is 34.6 Å². The molecule has 2 aliphatic rings. The fourth-order valence-corrected chi connectivity index (χ4v) is 4.02. The summed E-state index contributed by atoms with van der Waals surface area (Å²) >= 11 is 6.90. The van der Waals surface area contributed by atoms with Crippen LogP contribution in [0.3, 0.4) is 0 Å². The smallest absolute Gasteiger partial charge is 0.323 e. The molecule has 4 rings (SSSR count). The molecule has 0 spiro atoms. The van der Waals surface area contributed by atoms with Gasteiger partial charge in [-0.05, 0) is 42.1 Å². The molecule has 2 N–H and O–H groups in total. The first-order valence-corrected chi connectivity index (χ1v) is 9.34. The third kappa shape index (κ3) is 3.28. The summed E-state index contributed by atoms with van der Waals surface area (Å²) in [5.41, 5.74) is 1.78. The monoisotopic (exact) mass is 413 g/mol. The molecular weight excluding hydrogens is 402 g/mol. The second-order valence-electron chi connectivity index (χ2n) is 5.96. The number of aliphatic imine (C=N–C) groups is 1. The minimum atomic E-state index is -1.14. The normalized spacial score (nSPS) is 19.9. The van der Waals surface area contributed by atoms with Gasteiger partial charge in [-0.25, -0.2) is 4.99 Å². The van der Waals surface area contributed by atoms with Gasteiger partial charge in [-0.1, -0.05) is 29.8 Å². The van der Waals surface area contributed by atoms with Crippen LogP contribution in [0, 0.1) is 0 Å². The molecule has 1 saturated heterocycles. The molecule has 0 radical (unpaired) electrons. The van der Waals surface area contributed by atoms with Crippen molar-refractivity contribution in [3.8, 4) is 0 Å². The molecule has 0 unspecified atom stereocenters. The first kappa shape index (κ1) is 18.3. The maximum absolute atomic E-state index is 12.9. The Hall–Kier alpha value is -3.10. The number of hydrogen-bond acceptors (Lipinski definition) is 5. The van der Waals surface area contributed by atoms with E-state index in [1.54, 1.807) is 48.5 Å². The SMILES string of the molecule is O=C(O)CN1C(=O)C(=C2SC(=Nc3ccc(Cl)cc3)NC2=O)c2ccccc21. The molecule has 0 aromatic heterocycles. The molecule has 1 fully saturated rings. The van der Waals surface area contributed by atoms with E-state index in [0.29, 0.717) is 27.1 Å². The molecule has 2 aromatic rings. The second-order valence-corrected chi connectivity index (χ2v) is 7.39. The number of amides is 2. The van der Waals surface area contributed by atoms with E-state index >= 15 is 0 Å². The number of fused-ring (bicyclic) bond motifs is 1. The lowest BCUT2D eigenvalue weighted by atomic mass is 10.1. The standard InChI is InChI=1S/C19H12ClN3O4S/c20-10-5-7-11(8-6-10)21-19-22-17(26)16(28-19)15-12-3-1-2-4-13(12)23(18(15)27)9-14(24)25/h1-8H,9H2,(H,24,25)(H,21,22,26). The minimum absolute atomic E-state index is 0.181. The zero-order chi connectivity index (χ0) is 19.8. The van der Waals surface area contributed by atoms with Crippen molar-refractivity contribution in [1.29, 1.82) is 0 Å². The Morgan fingerprint density at radius 3 is 2.57 bits per heavy atom. The van der Waals surface area contributed by atoms with Crippen molar-refractivity contribution in [3.05, 3.63) is 64.0 Å². The number of thioether (sulfide) groups is 1. The van der Waals surface area contributed by atoms with E-state index in [1.165, 1.54) is 0 Å². The molecule has 2 heterocycles. The summed E-state index contributed by atoms with van der Waals surface area (Å²) in [6.45, 7) is -0.482. The lowest BCUT2D eigenvalue weighted by molar-refractivity contribution is -0.136. The zero-order valence-electron chi connectivity index (χ0n) is 14.2. The van der Waals surface area contributed by atoms with Crippen LogP contribution in [0.15, 0.2) is 58.4 Å². The average molecular weight is 414 g/mol. The molecule has 2 aromatic carbocycles. The zero-order valence-corrected chi connectivity index (χ0v) is 15.8. The van der Waals surface area contributed by atoms with Crippen molar-refractivity contribution >= 4 is 63.3 Å². The summed E-state index contributed by atoms with van der Waals surface area (Å²) in [5.74, 6) is -2.11. The molecule has 0 bridgehead atoms. The number of carboxylic acid groups (broad SMARTS) is 1. The Labute approximate surface area is 168 Å². The summed E-state index contributed by atoms with van der Waals surface area (Å²) in [4.78, 5) is 42.3. The molecule has 28 heavy (non-hydrogen) atoms. The van der Waals surface area contributed by atoms with Crippen LogP contribution in [0.5, 0.6) is 0 Å². The summed E-state index contributed by atoms with van der Waals surface area (Å²) in [6, 6.07) is 13.6. The number of amidine groups is 1. The number of carbonyl (C=O) groups is 3. The summed E-state index contributed by atoms with van der Waals surface area (Å²) in [5, 5.41) is 12.7. The molecule has 0 aliphatic carbocycles. The van der Waals surface area contributed by atoms with Crippen molar-refractivity contribution in [3.63, 3.8) is 0 Å². The molecule has 9 heteroatoms. The van der Waals surface area contributed by atoms with Gasteiger partial charge in [0.25, 0.3) is 11.8 Å². The fourth-order valence-electron chi connectivity index (χ4n) is 2.96. The fraction of sp³-hybridized carbons (Fsp3) is 0.0526. The van der Waals surface area contributed by atoms with E-state index in [0.717, 1.165) is 16.7 Å². The third-order valence-corrected chi connectivity index (χ3v) is 5.36. The van der Waals surface area contributed by atoms with Gasteiger partial charge in [0, 0.05) is 10.6 Å². The summed E-state index contributed by atoms with van der Waals surface area (Å²) in [7, 11) is 0. The van der Waals surface area contributed by atoms with Crippen LogP contribution in [0.4, 0.5) is 11.4 Å². The van der Waals surface area contributed by atoms with Crippen LogP contribution in [0.2, 0.25) is 5.02 Å². The number of para-hydroxylation sites is 1. The molecule has 2 aliphatic heterocycles. The molecular formula is C19H12ClN3O4S. The molecule has 0 saturated carbocycles. The van der Waals surface area contributed by atoms with Gasteiger partial charge in [-0.2, -0.15) is 0 Å². The number of carbonyl (C=O) groups excluding carboxylic acids is 2. The lowest BCUT2D eigenvalue weighted by Crippen LogP contribution is -2.32. The highest BCUT2D eigenvalue weighted by Crippen LogP contribution is 2.42. The van der Waals surface area contributed by atoms with E-state index in [2.05, 4.69) is 10.3 Å². The first-order chi connectivity index (χ1) is 13.4. The van der Waals surface area contributed by atoms with E-state index < -0.39 is 24.3 Å². The summed E-state index contributed by atoms with van der Waals surface area (Å²) < 4.78 is 0. The van der Waals surface area contributed by atoms with E-state index in [4.69, 9.17) is 16.7 Å². The Balaban J connectivity index is 1.74. The van der Waals surface area contributed by atoms with Gasteiger partial charge in [0.15, 0.2) is 5.17 Å². The third-order valence-electron chi connectivity index (χ3n) is 4.13. The lowest BCUT2D eigenvalue weighted by Gasteiger charge is -2.13. The van der Waals surface area contributed by atoms with Gasteiger partial charge in [-0.3, -0.25) is 19.3 Å². The minimum Gasteiger partial charge on any atom is -0.480 e. The van der Waals surface area contributed by atoms with E-state index in [9.17, 15) is 14.4 Å². The maximum atomic E-state index is 12.9. The maximum Gasteiger partial charge on any atom is 0.323 e. The van der Waals surface area contributed by atoms with Crippen LogP contribution < -0.4 is 10.2 Å². The van der Waals surface area contributed by atoms with Crippen LogP contribution >= 0.6 is 23.4 Å². The predicted molar refractivity (Wildman–Crippen MR) is 108 cm³/mol. The number of halogens is 1. The number of aliphatic carboxylic acids is 1. The summed E-state index contributed by atoms with van der Waals surface area (Å²) in [6.07, 6.45) is 0. The highest BCUT2D eigenvalue weighted by molar-refractivity contribution is 8.18. The van der Waals surface area contributed by atoms with Crippen molar-refractivity contribution in [2.75, 3.05) is 11.4 Å². The second kappa shape index (κ2) is 7.14. The first-order valence-electron chi connectivity index (χ1n) is 8.15. The van der Waals surface area contributed by atoms with Gasteiger partial charge in [0.2, 0.25) is 0 Å². The van der Waals surface area contributed by atoms with Crippen LogP contribution in [-0.2, 0) is 14.4 Å². The quantitative estimate of drug-likeness (QED) is 0.753. The number of benzene rings is 2. The Morgan fingerprint density at radius 2 is 1.86 bits per heavy atom. The Kier molecular flexibility index (Phi) is 4.66. The highest BCUT2D eigenvalue weighted by atomic mass is 35.5. The van der Waals surface area contributed by atoms with Gasteiger partial charge in [0.05, 0.1) is 21.9 Å². The van der Waals surface area contributed by atoms with Gasteiger partial charge < -0.3 is 10.4 Å². The Bertz CT molecular complexity index is 1080. The van der Waals surface area contributed by atoms with Crippen molar-refractivity contribution < 1.29 is 19.5 Å². The van der Waals surface area contributed by atoms with Crippen LogP contribution in [0.1, 0.15) is 5.56 Å². The van der Waals surface area contributed by atoms with Crippen LogP contribution in [0.25, 0.3) is 5.57 Å². The number of anilines is 1. The number of hydrogen-bond donors (Lipinski definition) is 2. The topological polar surface area (TPSA) is 99.1 Å². The number of nitrogens with zero attached hydrogens (tertiary/aromatic N) is 2. The molecule has 7 nitrogen and oxygen atoms in total. The Morgan fingerprint density at radius 1 is 1.14 bits per heavy atom. The molecule has 140 valence electrons. The largest absolute Gasteiger partial charge is 0.480 e.